The molecule has 0 saturated carbocycles. The van der Waals surface area contributed by atoms with Crippen molar-refractivity contribution in [2.24, 2.45) is 5.84 Å². The van der Waals surface area contributed by atoms with Crippen molar-refractivity contribution >= 4 is 21.6 Å². The number of amides is 1. The number of nitrogen functional groups attached to an aromatic ring is 1. The quantitative estimate of drug-likeness (QED) is 0.386. The number of nitrogens with one attached hydrogen (secondary N) is 1. The molecule has 2 aromatic rings. The van der Waals surface area contributed by atoms with E-state index in [9.17, 15) is 17.6 Å². The van der Waals surface area contributed by atoms with Crippen LogP contribution in [-0.2, 0) is 16.6 Å². The third-order valence-corrected chi connectivity index (χ3v) is 7.55. The zero-order valence-corrected chi connectivity index (χ0v) is 18.7. The Morgan fingerprint density at radius 3 is 2.55 bits per heavy atom. The minimum atomic E-state index is -3.66. The first-order chi connectivity index (χ1) is 14.7. The highest BCUT2D eigenvalue weighted by Gasteiger charge is 2.25. The molecule has 168 valence electrons. The van der Waals surface area contributed by atoms with Crippen LogP contribution in [0.5, 0.6) is 0 Å². The highest BCUT2D eigenvalue weighted by atomic mass is 32.2. The van der Waals surface area contributed by atoms with Crippen LogP contribution in [0.2, 0.25) is 0 Å². The fraction of sp³-hybridized carbons (Fsp3) is 0.409. The number of nitrogens with two attached hydrogens (primary N) is 1. The number of benzene rings is 2. The summed E-state index contributed by atoms with van der Waals surface area (Å²) >= 11 is 0. The normalized spacial score (nSPS) is 15.6. The summed E-state index contributed by atoms with van der Waals surface area (Å²) in [5.41, 5.74) is 3.81. The molecule has 2 aromatic carbocycles. The maximum absolute atomic E-state index is 14.7. The lowest BCUT2D eigenvalue weighted by Crippen LogP contribution is -2.33. The van der Waals surface area contributed by atoms with Gasteiger partial charge in [0.25, 0.3) is 5.91 Å². The summed E-state index contributed by atoms with van der Waals surface area (Å²) in [5.74, 6) is 4.07. The number of hydrogen-bond donors (Lipinski definition) is 2. The summed E-state index contributed by atoms with van der Waals surface area (Å²) in [4.78, 5) is 13.9. The molecular weight excluding hydrogens is 419 g/mol. The number of rotatable bonds is 7. The van der Waals surface area contributed by atoms with Crippen LogP contribution in [0.15, 0.2) is 42.5 Å². The van der Waals surface area contributed by atoms with Crippen molar-refractivity contribution in [2.75, 3.05) is 30.2 Å². The maximum atomic E-state index is 14.7. The predicted molar refractivity (Wildman–Crippen MR) is 120 cm³/mol. The zero-order valence-electron chi connectivity index (χ0n) is 17.8. The third kappa shape index (κ3) is 5.41. The van der Waals surface area contributed by atoms with Crippen LogP contribution >= 0.6 is 0 Å². The van der Waals surface area contributed by atoms with E-state index < -0.39 is 21.7 Å². The van der Waals surface area contributed by atoms with Crippen molar-refractivity contribution in [1.82, 2.24) is 10.3 Å². The van der Waals surface area contributed by atoms with Gasteiger partial charge < -0.3 is 4.90 Å². The van der Waals surface area contributed by atoms with Crippen LogP contribution in [0.4, 0.5) is 10.1 Å². The second-order valence-corrected chi connectivity index (χ2v) is 10.0. The van der Waals surface area contributed by atoms with Gasteiger partial charge in [-0.1, -0.05) is 18.2 Å². The highest BCUT2D eigenvalue weighted by molar-refractivity contribution is 7.92. The summed E-state index contributed by atoms with van der Waals surface area (Å²) in [6.07, 6.45) is 2.03. The van der Waals surface area contributed by atoms with Gasteiger partial charge in [0.15, 0.2) is 0 Å². The predicted octanol–water partition coefficient (Wildman–Crippen LogP) is 2.59. The summed E-state index contributed by atoms with van der Waals surface area (Å²) < 4.78 is 41.7. The SMILES string of the molecule is CCS(=O)(=O)N(Cc1ccc(C(=O)NN)cc1F)c1cccc(C2CCN(C)CC2)c1. The molecule has 3 rings (SSSR count). The molecule has 1 saturated heterocycles. The van der Waals surface area contributed by atoms with Crippen molar-refractivity contribution in [3.63, 3.8) is 0 Å². The lowest BCUT2D eigenvalue weighted by atomic mass is 9.89. The Kier molecular flexibility index (Phi) is 7.30. The first kappa shape index (κ1) is 23.2. The van der Waals surface area contributed by atoms with E-state index in [0.717, 1.165) is 37.6 Å². The van der Waals surface area contributed by atoms with E-state index in [4.69, 9.17) is 5.84 Å². The zero-order chi connectivity index (χ0) is 22.6. The van der Waals surface area contributed by atoms with E-state index in [1.807, 2.05) is 23.6 Å². The van der Waals surface area contributed by atoms with Gasteiger partial charge in [-0.25, -0.2) is 18.7 Å². The summed E-state index contributed by atoms with van der Waals surface area (Å²) in [6.45, 7) is 3.40. The van der Waals surface area contributed by atoms with E-state index in [-0.39, 0.29) is 23.4 Å². The smallest absolute Gasteiger partial charge is 0.265 e. The van der Waals surface area contributed by atoms with Crippen LogP contribution in [-0.4, -0.2) is 45.1 Å². The fourth-order valence-electron chi connectivity index (χ4n) is 3.84. The van der Waals surface area contributed by atoms with Gasteiger partial charge in [0, 0.05) is 11.1 Å². The molecule has 0 atom stereocenters. The van der Waals surface area contributed by atoms with Gasteiger partial charge in [0.05, 0.1) is 18.0 Å². The largest absolute Gasteiger partial charge is 0.306 e. The van der Waals surface area contributed by atoms with E-state index in [1.54, 1.807) is 13.0 Å². The number of nitrogens with zero attached hydrogens (tertiary/aromatic N) is 2. The maximum Gasteiger partial charge on any atom is 0.265 e. The molecule has 0 spiro atoms. The fourth-order valence-corrected chi connectivity index (χ4v) is 4.92. The van der Waals surface area contributed by atoms with Crippen molar-refractivity contribution in [3.05, 3.63) is 65.0 Å². The molecule has 31 heavy (non-hydrogen) atoms. The van der Waals surface area contributed by atoms with Gasteiger partial charge in [-0.2, -0.15) is 0 Å². The van der Waals surface area contributed by atoms with Crippen molar-refractivity contribution in [2.45, 2.75) is 32.2 Å². The molecule has 3 N–H and O–H groups in total. The van der Waals surface area contributed by atoms with Crippen LogP contribution in [0.25, 0.3) is 0 Å². The number of hydrazine groups is 1. The minimum absolute atomic E-state index is 0.0675. The van der Waals surface area contributed by atoms with Gasteiger partial charge in [0.2, 0.25) is 10.0 Å². The number of anilines is 1. The van der Waals surface area contributed by atoms with Gasteiger partial charge in [0.1, 0.15) is 5.82 Å². The van der Waals surface area contributed by atoms with Gasteiger partial charge >= 0.3 is 0 Å². The second kappa shape index (κ2) is 9.76. The van der Waals surface area contributed by atoms with Gasteiger partial charge in [-0.15, -0.1) is 0 Å². The Hall–Kier alpha value is -2.49. The minimum Gasteiger partial charge on any atom is -0.306 e. The molecular formula is C22H29FN4O3S. The van der Waals surface area contributed by atoms with Crippen LogP contribution in [0.1, 0.15) is 47.2 Å². The Labute approximate surface area is 183 Å². The lowest BCUT2D eigenvalue weighted by Gasteiger charge is -2.30. The summed E-state index contributed by atoms with van der Waals surface area (Å²) in [6, 6.07) is 11.4. The summed E-state index contributed by atoms with van der Waals surface area (Å²) in [5, 5.41) is 0. The molecule has 7 nitrogen and oxygen atoms in total. The van der Waals surface area contributed by atoms with Crippen LogP contribution in [0, 0.1) is 5.82 Å². The van der Waals surface area contributed by atoms with E-state index in [1.165, 1.54) is 16.4 Å². The molecule has 0 unspecified atom stereocenters. The van der Waals surface area contributed by atoms with Crippen molar-refractivity contribution in [3.8, 4) is 0 Å². The summed E-state index contributed by atoms with van der Waals surface area (Å²) in [7, 11) is -1.56. The molecule has 0 aromatic heterocycles. The Morgan fingerprint density at radius 1 is 1.23 bits per heavy atom. The second-order valence-electron chi connectivity index (χ2n) is 7.86. The number of carbonyl (C=O) groups excluding carboxylic acids is 1. The standard InChI is InChI=1S/C22H29FN4O3S/c1-3-31(29,30)27(15-19-8-7-18(14-21(19)23)22(28)25-24)20-6-4-5-17(13-20)16-9-11-26(2)12-10-16/h4-8,13-14,16H,3,9-12,15,24H2,1-2H3,(H,25,28). The molecule has 0 radical (unpaired) electrons. The first-order valence-electron chi connectivity index (χ1n) is 10.3. The molecule has 1 amide bonds. The molecule has 0 bridgehead atoms. The molecule has 1 heterocycles. The highest BCUT2D eigenvalue weighted by Crippen LogP contribution is 2.31. The lowest BCUT2D eigenvalue weighted by molar-refractivity contribution is 0.0953. The molecule has 1 aliphatic heterocycles. The Balaban J connectivity index is 1.92. The van der Waals surface area contributed by atoms with Gasteiger partial charge in [-0.05, 0) is 75.6 Å². The third-order valence-electron chi connectivity index (χ3n) is 5.81. The number of hydrogen-bond acceptors (Lipinski definition) is 5. The molecule has 1 fully saturated rings. The molecule has 0 aliphatic carbocycles. The van der Waals surface area contributed by atoms with Crippen molar-refractivity contribution in [1.29, 1.82) is 0 Å². The van der Waals surface area contributed by atoms with E-state index >= 15 is 0 Å². The van der Waals surface area contributed by atoms with E-state index in [0.29, 0.717) is 11.6 Å². The number of likely N-dealkylation sites (tertiary alicyclic amines) is 1. The van der Waals surface area contributed by atoms with Crippen molar-refractivity contribution < 1.29 is 17.6 Å². The monoisotopic (exact) mass is 448 g/mol. The number of sulfonamides is 1. The average Bonchev–Trinajstić information content (AvgIpc) is 2.78. The Morgan fingerprint density at radius 2 is 1.94 bits per heavy atom. The van der Waals surface area contributed by atoms with Crippen LogP contribution in [0.3, 0.4) is 0 Å². The number of carbonyl (C=O) groups is 1. The topological polar surface area (TPSA) is 95.7 Å². The number of piperidine rings is 1. The number of halogens is 1. The van der Waals surface area contributed by atoms with Gasteiger partial charge in [-0.3, -0.25) is 14.5 Å². The van der Waals surface area contributed by atoms with E-state index in [2.05, 4.69) is 11.9 Å². The van der Waals surface area contributed by atoms with Crippen LogP contribution < -0.4 is 15.6 Å². The average molecular weight is 449 g/mol. The molecule has 9 heteroatoms. The first-order valence-corrected chi connectivity index (χ1v) is 11.9. The Bertz CT molecular complexity index is 1040. The molecule has 1 aliphatic rings.